The molecule has 144 valence electrons. The first-order chi connectivity index (χ1) is 13.3. The zero-order valence-corrected chi connectivity index (χ0v) is 16.7. The molecular weight excluding hydrogens is 374 g/mol. The summed E-state index contributed by atoms with van der Waals surface area (Å²) in [7, 11) is 0. The van der Waals surface area contributed by atoms with Crippen molar-refractivity contribution in [3.05, 3.63) is 65.7 Å². The number of para-hydroxylation sites is 1. The Bertz CT molecular complexity index is 962. The highest BCUT2D eigenvalue weighted by molar-refractivity contribution is 7.99. The fraction of sp³-hybridized carbons (Fsp3) is 0.250. The molecule has 28 heavy (non-hydrogen) atoms. The van der Waals surface area contributed by atoms with E-state index in [2.05, 4.69) is 41.6 Å². The molecule has 0 saturated heterocycles. The zero-order valence-electron chi connectivity index (χ0n) is 15.9. The first kappa shape index (κ1) is 19.8. The van der Waals surface area contributed by atoms with Crippen molar-refractivity contribution in [3.63, 3.8) is 0 Å². The van der Waals surface area contributed by atoms with Crippen LogP contribution >= 0.6 is 11.8 Å². The molecule has 1 N–H and O–H groups in total. The van der Waals surface area contributed by atoms with E-state index >= 15 is 0 Å². The van der Waals surface area contributed by atoms with E-state index in [1.165, 1.54) is 0 Å². The van der Waals surface area contributed by atoms with Crippen molar-refractivity contribution < 1.29 is 9.59 Å². The summed E-state index contributed by atoms with van der Waals surface area (Å²) in [6.07, 6.45) is 0. The van der Waals surface area contributed by atoms with Crippen molar-refractivity contribution in [2.75, 3.05) is 5.75 Å². The van der Waals surface area contributed by atoms with Crippen LogP contribution in [0.15, 0.2) is 59.8 Å². The highest BCUT2D eigenvalue weighted by Gasteiger charge is 2.16. The lowest BCUT2D eigenvalue weighted by Gasteiger charge is -2.18. The number of imide groups is 1. The van der Waals surface area contributed by atoms with E-state index in [1.807, 2.05) is 42.5 Å². The third-order valence-corrected chi connectivity index (χ3v) is 4.96. The van der Waals surface area contributed by atoms with E-state index in [-0.39, 0.29) is 11.2 Å². The average molecular weight is 395 g/mol. The Morgan fingerprint density at radius 2 is 1.71 bits per heavy atom. The number of tetrazole rings is 1. The predicted octanol–water partition coefficient (Wildman–Crippen LogP) is 3.01. The van der Waals surface area contributed by atoms with E-state index in [0.29, 0.717) is 10.7 Å². The van der Waals surface area contributed by atoms with Gasteiger partial charge in [0.05, 0.1) is 11.4 Å². The second kappa shape index (κ2) is 8.35. The van der Waals surface area contributed by atoms with Gasteiger partial charge in [-0.25, -0.2) is 0 Å². The molecule has 0 aliphatic carbocycles. The average Bonchev–Trinajstić information content (AvgIpc) is 3.15. The van der Waals surface area contributed by atoms with E-state index in [1.54, 1.807) is 16.8 Å². The maximum atomic E-state index is 12.3. The Morgan fingerprint density at radius 3 is 2.36 bits per heavy atom. The molecule has 8 heteroatoms. The first-order valence-electron chi connectivity index (χ1n) is 8.76. The number of nitrogens with zero attached hydrogens (tertiary/aromatic N) is 4. The van der Waals surface area contributed by atoms with E-state index in [0.717, 1.165) is 23.0 Å². The summed E-state index contributed by atoms with van der Waals surface area (Å²) in [5, 5.41) is 14.4. The monoisotopic (exact) mass is 395 g/mol. The van der Waals surface area contributed by atoms with Crippen LogP contribution in [-0.4, -0.2) is 37.8 Å². The second-order valence-corrected chi connectivity index (χ2v) is 8.14. The minimum atomic E-state index is -0.422. The Hall–Kier alpha value is -3.00. The second-order valence-electron chi connectivity index (χ2n) is 7.20. The van der Waals surface area contributed by atoms with Gasteiger partial charge in [0, 0.05) is 5.56 Å². The first-order valence-corrected chi connectivity index (χ1v) is 9.74. The van der Waals surface area contributed by atoms with Crippen molar-refractivity contribution in [1.82, 2.24) is 25.5 Å². The quantitative estimate of drug-likeness (QED) is 0.668. The van der Waals surface area contributed by atoms with Crippen molar-refractivity contribution in [2.45, 2.75) is 31.3 Å². The Kier molecular flexibility index (Phi) is 5.89. The zero-order chi connectivity index (χ0) is 20.1. The van der Waals surface area contributed by atoms with Gasteiger partial charge in [0.15, 0.2) is 0 Å². The molecule has 7 nitrogen and oxygen atoms in total. The van der Waals surface area contributed by atoms with Gasteiger partial charge in [-0.05, 0) is 45.7 Å². The van der Waals surface area contributed by atoms with Gasteiger partial charge < -0.3 is 0 Å². The van der Waals surface area contributed by atoms with Crippen LogP contribution in [0.25, 0.3) is 5.69 Å². The molecule has 2 amide bonds. The Morgan fingerprint density at radius 1 is 1.04 bits per heavy atom. The van der Waals surface area contributed by atoms with Crippen molar-refractivity contribution >= 4 is 23.6 Å². The predicted molar refractivity (Wildman–Crippen MR) is 107 cm³/mol. The standard InChI is InChI=1S/C20H21N5O2S/c1-20(2,3)15-11-9-14(10-12-15)18(27)21-17(26)13-28-19-22-23-24-25(19)16-7-5-4-6-8-16/h4-12H,13H2,1-3H3,(H,21,26,27). The third kappa shape index (κ3) is 4.83. The van der Waals surface area contributed by atoms with Crippen LogP contribution in [0.3, 0.4) is 0 Å². The lowest BCUT2D eigenvalue weighted by molar-refractivity contribution is -0.117. The summed E-state index contributed by atoms with van der Waals surface area (Å²) in [6, 6.07) is 16.6. The molecule has 0 spiro atoms. The molecule has 0 bridgehead atoms. The summed E-state index contributed by atoms with van der Waals surface area (Å²) in [5.74, 6) is -0.801. The summed E-state index contributed by atoms with van der Waals surface area (Å²) in [5.41, 5.74) is 2.37. The van der Waals surface area contributed by atoms with Crippen LogP contribution in [0.4, 0.5) is 0 Å². The molecule has 2 aromatic carbocycles. The molecule has 0 saturated carbocycles. The van der Waals surface area contributed by atoms with E-state index in [4.69, 9.17) is 0 Å². The number of rotatable bonds is 5. The molecule has 0 radical (unpaired) electrons. The van der Waals surface area contributed by atoms with Crippen molar-refractivity contribution in [1.29, 1.82) is 0 Å². The summed E-state index contributed by atoms with van der Waals surface area (Å²) in [4.78, 5) is 24.4. The molecule has 0 atom stereocenters. The molecule has 1 heterocycles. The SMILES string of the molecule is CC(C)(C)c1ccc(C(=O)NC(=O)CSc2nnnn2-c2ccccc2)cc1. The molecule has 3 aromatic rings. The van der Waals surface area contributed by atoms with Gasteiger partial charge in [-0.15, -0.1) is 5.10 Å². The van der Waals surface area contributed by atoms with Crippen LogP contribution in [0, 0.1) is 0 Å². The molecule has 1 aromatic heterocycles. The van der Waals surface area contributed by atoms with Crippen molar-refractivity contribution in [2.24, 2.45) is 0 Å². The van der Waals surface area contributed by atoms with Gasteiger partial charge in [0.1, 0.15) is 0 Å². The number of nitrogens with one attached hydrogen (secondary N) is 1. The summed E-state index contributed by atoms with van der Waals surface area (Å²) < 4.78 is 1.55. The number of carbonyl (C=O) groups is 2. The molecular formula is C20H21N5O2S. The maximum absolute atomic E-state index is 12.3. The summed E-state index contributed by atoms with van der Waals surface area (Å²) in [6.45, 7) is 6.31. The largest absolute Gasteiger partial charge is 0.292 e. The topological polar surface area (TPSA) is 89.8 Å². The fourth-order valence-electron chi connectivity index (χ4n) is 2.49. The van der Waals surface area contributed by atoms with Crippen LogP contribution in [0.5, 0.6) is 0 Å². The van der Waals surface area contributed by atoms with Gasteiger partial charge in [-0.3, -0.25) is 14.9 Å². The number of thioether (sulfide) groups is 1. The smallest absolute Gasteiger partial charge is 0.257 e. The summed E-state index contributed by atoms with van der Waals surface area (Å²) >= 11 is 1.16. The number of hydrogen-bond acceptors (Lipinski definition) is 6. The lowest BCUT2D eigenvalue weighted by atomic mass is 9.87. The van der Waals surface area contributed by atoms with Crippen LogP contribution in [-0.2, 0) is 10.2 Å². The number of benzene rings is 2. The number of amides is 2. The van der Waals surface area contributed by atoms with Gasteiger partial charge in [0.25, 0.3) is 5.91 Å². The van der Waals surface area contributed by atoms with Crippen LogP contribution < -0.4 is 5.32 Å². The van der Waals surface area contributed by atoms with Gasteiger partial charge >= 0.3 is 0 Å². The molecule has 3 rings (SSSR count). The van der Waals surface area contributed by atoms with Gasteiger partial charge in [-0.2, -0.15) is 4.68 Å². The molecule has 0 fully saturated rings. The normalized spacial score (nSPS) is 11.2. The highest BCUT2D eigenvalue weighted by atomic mass is 32.2. The van der Waals surface area contributed by atoms with E-state index in [9.17, 15) is 9.59 Å². The molecule has 0 aliphatic heterocycles. The van der Waals surface area contributed by atoms with Gasteiger partial charge in [-0.1, -0.05) is 62.9 Å². The Labute approximate surface area is 167 Å². The fourth-order valence-corrected chi connectivity index (χ4v) is 3.18. The van der Waals surface area contributed by atoms with Crippen LogP contribution in [0.1, 0.15) is 36.7 Å². The highest BCUT2D eigenvalue weighted by Crippen LogP contribution is 2.22. The lowest BCUT2D eigenvalue weighted by Crippen LogP contribution is -2.32. The third-order valence-electron chi connectivity index (χ3n) is 4.04. The van der Waals surface area contributed by atoms with Crippen LogP contribution in [0.2, 0.25) is 0 Å². The Balaban J connectivity index is 1.58. The minimum Gasteiger partial charge on any atom is -0.292 e. The molecule has 0 unspecified atom stereocenters. The molecule has 0 aliphatic rings. The minimum absolute atomic E-state index is 0.00417. The van der Waals surface area contributed by atoms with E-state index < -0.39 is 11.8 Å². The van der Waals surface area contributed by atoms with Gasteiger partial charge in [0.2, 0.25) is 11.1 Å². The number of carbonyl (C=O) groups excluding carboxylic acids is 2. The number of hydrogen-bond donors (Lipinski definition) is 1. The van der Waals surface area contributed by atoms with Crippen molar-refractivity contribution in [3.8, 4) is 5.69 Å². The number of aromatic nitrogens is 4. The maximum Gasteiger partial charge on any atom is 0.257 e.